The lowest BCUT2D eigenvalue weighted by Gasteiger charge is -2.12. The number of ether oxygens (including phenoxy) is 4. The molecule has 1 aliphatic rings. The number of benzene rings is 2. The fourth-order valence-corrected chi connectivity index (χ4v) is 5.06. The molecule has 0 bridgehead atoms. The molecule has 57 heavy (non-hydrogen) atoms. The summed E-state index contributed by atoms with van der Waals surface area (Å²) < 4.78 is 22.0. The number of hydrogen-bond donors (Lipinski definition) is 3. The number of hydrogen-bond acceptors (Lipinski definition) is 14. The zero-order chi connectivity index (χ0) is 40.5. The fraction of sp³-hybridized carbons (Fsp3) is 0.436. The Morgan fingerprint density at radius 3 is 1.95 bits per heavy atom. The van der Waals surface area contributed by atoms with Crippen molar-refractivity contribution in [2.45, 2.75) is 45.6 Å². The molecule has 0 aliphatic carbocycles. The summed E-state index contributed by atoms with van der Waals surface area (Å²) in [6.07, 6.45) is 6.45. The molecule has 1 aromatic heterocycles. The number of imide groups is 1. The molecule has 0 saturated carbocycles. The van der Waals surface area contributed by atoms with Gasteiger partial charge < -0.3 is 29.6 Å². The number of hydrazone groups is 1. The molecule has 5 amide bonds. The van der Waals surface area contributed by atoms with E-state index in [9.17, 15) is 24.0 Å². The Labute approximate surface area is 330 Å². The zero-order valence-corrected chi connectivity index (χ0v) is 32.0. The number of aromatic nitrogens is 4. The highest BCUT2D eigenvalue weighted by atomic mass is 16.6. The van der Waals surface area contributed by atoms with Gasteiger partial charge in [0.2, 0.25) is 17.6 Å². The van der Waals surface area contributed by atoms with Crippen molar-refractivity contribution in [2.75, 3.05) is 65.9 Å². The van der Waals surface area contributed by atoms with Crippen molar-refractivity contribution < 1.29 is 42.9 Å². The van der Waals surface area contributed by atoms with E-state index in [1.165, 1.54) is 23.3 Å². The third-order valence-corrected chi connectivity index (χ3v) is 8.16. The van der Waals surface area contributed by atoms with Gasteiger partial charge in [-0.15, -0.1) is 20.4 Å². The number of aryl methyl sites for hydroxylation is 1. The molecule has 4 rings (SSSR count). The summed E-state index contributed by atoms with van der Waals surface area (Å²) in [6.45, 7) is 5.71. The first-order valence-corrected chi connectivity index (χ1v) is 18.7. The van der Waals surface area contributed by atoms with Gasteiger partial charge in [0.15, 0.2) is 5.82 Å². The molecule has 1 aliphatic heterocycles. The van der Waals surface area contributed by atoms with Gasteiger partial charge >= 0.3 is 0 Å². The predicted octanol–water partition coefficient (Wildman–Crippen LogP) is 1.68. The summed E-state index contributed by atoms with van der Waals surface area (Å²) in [4.78, 5) is 60.8. The number of rotatable bonds is 27. The maximum atomic E-state index is 12.4. The second kappa shape index (κ2) is 25.4. The molecule has 0 spiro atoms. The summed E-state index contributed by atoms with van der Waals surface area (Å²) in [5.41, 5.74) is 5.40. The predicted molar refractivity (Wildman–Crippen MR) is 206 cm³/mol. The van der Waals surface area contributed by atoms with Crippen LogP contribution in [0.2, 0.25) is 0 Å². The Kier molecular flexibility index (Phi) is 19.5. The van der Waals surface area contributed by atoms with Crippen LogP contribution in [0, 0.1) is 6.92 Å². The molecule has 3 N–H and O–H groups in total. The summed E-state index contributed by atoms with van der Waals surface area (Å²) in [5, 5.41) is 25.5. The van der Waals surface area contributed by atoms with Gasteiger partial charge in [0.05, 0.1) is 59.1 Å². The van der Waals surface area contributed by atoms with Crippen LogP contribution >= 0.6 is 0 Å². The number of nitrogens with zero attached hydrogens (tertiary/aromatic N) is 6. The minimum Gasteiger partial charge on any atom is -0.379 e. The van der Waals surface area contributed by atoms with Crippen molar-refractivity contribution in [2.24, 2.45) is 5.10 Å². The second-order valence-corrected chi connectivity index (χ2v) is 12.6. The minimum atomic E-state index is -0.301. The lowest BCUT2D eigenvalue weighted by Crippen LogP contribution is -2.30. The maximum Gasteiger partial charge on any atom is 0.253 e. The smallest absolute Gasteiger partial charge is 0.253 e. The first kappa shape index (κ1) is 43.9. The number of unbranched alkanes of at least 4 members (excludes halogenated alkanes) is 2. The van der Waals surface area contributed by atoms with E-state index in [0.29, 0.717) is 108 Å². The summed E-state index contributed by atoms with van der Waals surface area (Å²) in [5.74, 6) is -0.242. The van der Waals surface area contributed by atoms with Crippen LogP contribution < -0.4 is 16.1 Å². The molecule has 2 heterocycles. The Morgan fingerprint density at radius 2 is 1.30 bits per heavy atom. The molecule has 0 fully saturated rings. The summed E-state index contributed by atoms with van der Waals surface area (Å²) in [6, 6.07) is 14.3. The molecular formula is C39H49N9O9. The SMILES string of the molecule is Cc1nnc(-c2ccc(CNC(=O)CCOCCOCCOCCOCCNC(=O)c3ccc(C=NNC(=O)CCCCCN4C(=O)C=CC4=O)cc3)cc2)nn1. The van der Waals surface area contributed by atoms with E-state index < -0.39 is 0 Å². The van der Waals surface area contributed by atoms with Gasteiger partial charge in [-0.2, -0.15) is 5.10 Å². The van der Waals surface area contributed by atoms with Crippen LogP contribution in [-0.4, -0.2) is 127 Å². The first-order valence-electron chi connectivity index (χ1n) is 18.7. The van der Waals surface area contributed by atoms with Crippen LogP contribution in [0.1, 0.15) is 59.4 Å². The highest BCUT2D eigenvalue weighted by Crippen LogP contribution is 2.14. The van der Waals surface area contributed by atoms with Crippen molar-refractivity contribution in [3.63, 3.8) is 0 Å². The quantitative estimate of drug-likeness (QED) is 0.0433. The number of amides is 5. The molecule has 0 unspecified atom stereocenters. The number of carbonyl (C=O) groups is 5. The standard InChI is InChI=1S/C39H49N9O9/c1-29-43-46-38(47-44-29)32-10-6-30(7-11-32)27-41-34(49)16-19-54-21-23-56-25-26-57-24-22-55-20-17-40-39(53)33-12-8-31(9-13-33)28-42-45-35(50)5-3-2-4-18-48-36(51)14-15-37(48)52/h6-15,28H,2-5,16-27H2,1H3,(H,40,53)(H,41,49)(H,45,50). The Hall–Kier alpha value is -5.82. The van der Waals surface area contributed by atoms with E-state index in [-0.39, 0.29) is 49.0 Å². The molecular weight excluding hydrogens is 738 g/mol. The Morgan fingerprint density at radius 1 is 0.684 bits per heavy atom. The molecule has 2 aromatic carbocycles. The average Bonchev–Trinajstić information content (AvgIpc) is 3.54. The highest BCUT2D eigenvalue weighted by molar-refractivity contribution is 6.12. The zero-order valence-electron chi connectivity index (χ0n) is 32.0. The molecule has 0 radical (unpaired) electrons. The van der Waals surface area contributed by atoms with Crippen LogP contribution in [0.4, 0.5) is 0 Å². The van der Waals surface area contributed by atoms with Crippen LogP contribution in [0.3, 0.4) is 0 Å². The van der Waals surface area contributed by atoms with Gasteiger partial charge in [-0.05, 0) is 43.0 Å². The van der Waals surface area contributed by atoms with Gasteiger partial charge in [-0.3, -0.25) is 28.9 Å². The van der Waals surface area contributed by atoms with E-state index in [1.807, 2.05) is 24.3 Å². The van der Waals surface area contributed by atoms with Gasteiger partial charge in [0.25, 0.3) is 17.7 Å². The Bertz CT molecular complexity index is 1770. The monoisotopic (exact) mass is 787 g/mol. The topological polar surface area (TPSA) is 226 Å². The van der Waals surface area contributed by atoms with Crippen LogP contribution in [0.15, 0.2) is 65.8 Å². The molecule has 18 heteroatoms. The van der Waals surface area contributed by atoms with E-state index in [4.69, 9.17) is 18.9 Å². The van der Waals surface area contributed by atoms with E-state index >= 15 is 0 Å². The van der Waals surface area contributed by atoms with E-state index in [0.717, 1.165) is 11.1 Å². The van der Waals surface area contributed by atoms with Gasteiger partial charge in [-0.25, -0.2) is 5.43 Å². The van der Waals surface area contributed by atoms with Gasteiger partial charge in [-0.1, -0.05) is 42.8 Å². The van der Waals surface area contributed by atoms with Gasteiger partial charge in [0.1, 0.15) is 0 Å². The third kappa shape index (κ3) is 17.2. The van der Waals surface area contributed by atoms with Crippen molar-refractivity contribution in [1.29, 1.82) is 0 Å². The summed E-state index contributed by atoms with van der Waals surface area (Å²) >= 11 is 0. The van der Waals surface area contributed by atoms with E-state index in [1.54, 1.807) is 31.2 Å². The Balaban J connectivity index is 0.896. The molecule has 0 saturated heterocycles. The van der Waals surface area contributed by atoms with Crippen LogP contribution in [0.5, 0.6) is 0 Å². The molecule has 18 nitrogen and oxygen atoms in total. The van der Waals surface area contributed by atoms with Crippen molar-refractivity contribution >= 4 is 35.8 Å². The average molecular weight is 788 g/mol. The highest BCUT2D eigenvalue weighted by Gasteiger charge is 2.22. The molecule has 3 aromatic rings. The summed E-state index contributed by atoms with van der Waals surface area (Å²) in [7, 11) is 0. The lowest BCUT2D eigenvalue weighted by atomic mass is 10.1. The lowest BCUT2D eigenvalue weighted by molar-refractivity contribution is -0.137. The van der Waals surface area contributed by atoms with Crippen LogP contribution in [0.25, 0.3) is 11.4 Å². The second-order valence-electron chi connectivity index (χ2n) is 12.6. The van der Waals surface area contributed by atoms with Crippen molar-refractivity contribution in [3.8, 4) is 11.4 Å². The minimum absolute atomic E-state index is 0.110. The van der Waals surface area contributed by atoms with Crippen molar-refractivity contribution in [3.05, 3.63) is 83.2 Å². The normalized spacial score (nSPS) is 12.4. The number of carbonyl (C=O) groups excluding carboxylic acids is 5. The first-order chi connectivity index (χ1) is 27.8. The third-order valence-electron chi connectivity index (χ3n) is 8.16. The molecule has 0 atom stereocenters. The fourth-order valence-electron chi connectivity index (χ4n) is 5.06. The number of nitrogens with one attached hydrogen (secondary N) is 3. The van der Waals surface area contributed by atoms with Crippen LogP contribution in [-0.2, 0) is 44.7 Å². The van der Waals surface area contributed by atoms with Crippen molar-refractivity contribution in [1.82, 2.24) is 41.4 Å². The maximum absolute atomic E-state index is 12.4. The van der Waals surface area contributed by atoms with Gasteiger partial charge in [0, 0.05) is 55.8 Å². The molecule has 304 valence electrons. The van der Waals surface area contributed by atoms with E-state index in [2.05, 4.69) is 41.6 Å². The largest absolute Gasteiger partial charge is 0.379 e.